The van der Waals surface area contributed by atoms with Gasteiger partial charge < -0.3 is 31.8 Å². The van der Waals surface area contributed by atoms with Gasteiger partial charge in [-0.05, 0) is 42.4 Å². The lowest BCUT2D eigenvalue weighted by Crippen LogP contribution is -2.67. The summed E-state index contributed by atoms with van der Waals surface area (Å²) in [5.74, 6) is -3.21. The first-order chi connectivity index (χ1) is 17.8. The predicted molar refractivity (Wildman–Crippen MR) is 141 cm³/mol. The van der Waals surface area contributed by atoms with Crippen LogP contribution in [0, 0.1) is 17.7 Å². The molecule has 12 heteroatoms. The van der Waals surface area contributed by atoms with Crippen LogP contribution in [0.3, 0.4) is 0 Å². The van der Waals surface area contributed by atoms with Crippen molar-refractivity contribution >= 4 is 46.3 Å². The molecule has 0 saturated carbocycles. The van der Waals surface area contributed by atoms with Gasteiger partial charge in [-0.15, -0.1) is 0 Å². The molecular weight excluding hydrogens is 517 g/mol. The second kappa shape index (κ2) is 11.6. The zero-order valence-corrected chi connectivity index (χ0v) is 22.7. The highest BCUT2D eigenvalue weighted by Crippen LogP contribution is 2.37. The number of carbonyl (C=O) groups is 4. The molecule has 3 rings (SSSR count). The number of H-pyrrole nitrogens is 1. The van der Waals surface area contributed by atoms with Crippen LogP contribution in [-0.2, 0) is 27.2 Å². The average molecular weight is 552 g/mol. The van der Waals surface area contributed by atoms with Crippen LogP contribution in [0.25, 0.3) is 10.9 Å². The van der Waals surface area contributed by atoms with Crippen molar-refractivity contribution in [3.8, 4) is 0 Å². The molecule has 5 atom stereocenters. The molecule has 1 heterocycles. The Kier molecular flexibility index (Phi) is 8.91. The molecule has 0 aliphatic heterocycles. The maximum absolute atomic E-state index is 14.3. The normalized spacial score (nSPS) is 20.1. The largest absolute Gasteiger partial charge is 0.465 e. The fourth-order valence-corrected chi connectivity index (χ4v) is 5.24. The number of aromatic amines is 1. The van der Waals surface area contributed by atoms with Crippen LogP contribution in [0.15, 0.2) is 12.1 Å². The number of hydrogen-bond donors (Lipinski definition) is 6. The zero-order valence-electron chi connectivity index (χ0n) is 21.9. The zero-order chi connectivity index (χ0) is 28.4. The number of rotatable bonds is 10. The minimum absolute atomic E-state index is 0.0357. The topological polar surface area (TPSA) is 166 Å². The van der Waals surface area contributed by atoms with Crippen molar-refractivity contribution < 1.29 is 28.7 Å². The monoisotopic (exact) mass is 551 g/mol. The van der Waals surface area contributed by atoms with Gasteiger partial charge in [-0.1, -0.05) is 52.1 Å². The van der Waals surface area contributed by atoms with E-state index in [1.165, 1.54) is 12.1 Å². The molecular formula is C26H35ClFN5O5. The summed E-state index contributed by atoms with van der Waals surface area (Å²) in [7, 11) is 0. The van der Waals surface area contributed by atoms with E-state index in [9.17, 15) is 28.7 Å². The van der Waals surface area contributed by atoms with Gasteiger partial charge in [0.05, 0.1) is 10.5 Å². The van der Waals surface area contributed by atoms with Crippen LogP contribution >= 0.6 is 11.6 Å². The van der Waals surface area contributed by atoms with Gasteiger partial charge in [0.2, 0.25) is 17.7 Å². The summed E-state index contributed by atoms with van der Waals surface area (Å²) in [5, 5.41) is 17.8. The first-order valence-electron chi connectivity index (χ1n) is 12.7. The Labute approximate surface area is 225 Å². The second-order valence-electron chi connectivity index (χ2n) is 10.2. The maximum atomic E-state index is 14.3. The van der Waals surface area contributed by atoms with Gasteiger partial charge in [0.25, 0.3) is 0 Å². The highest BCUT2D eigenvalue weighted by molar-refractivity contribution is 6.35. The van der Waals surface area contributed by atoms with Gasteiger partial charge in [-0.2, -0.15) is 0 Å². The van der Waals surface area contributed by atoms with Gasteiger partial charge in [0.1, 0.15) is 23.4 Å². The molecule has 0 bridgehead atoms. The SMILES string of the molecule is CCC(C)[C@H](NC(=O)[C@@]1(NC(=O)[C@@H](NC(=O)O)C(C)CC)CCc2[nH]c3c(Cl)cc(F)cc3c2C1)C(N)=O. The molecule has 10 nitrogen and oxygen atoms in total. The number of hydrogen-bond acceptors (Lipinski definition) is 4. The van der Waals surface area contributed by atoms with Crippen molar-refractivity contribution in [2.75, 3.05) is 0 Å². The van der Waals surface area contributed by atoms with E-state index in [2.05, 4.69) is 20.9 Å². The Balaban J connectivity index is 2.08. The molecule has 0 spiro atoms. The van der Waals surface area contributed by atoms with E-state index >= 15 is 0 Å². The van der Waals surface area contributed by atoms with Gasteiger partial charge in [-0.25, -0.2) is 9.18 Å². The van der Waals surface area contributed by atoms with Gasteiger partial charge in [-0.3, -0.25) is 14.4 Å². The molecule has 0 fully saturated rings. The summed E-state index contributed by atoms with van der Waals surface area (Å²) in [4.78, 5) is 54.2. The van der Waals surface area contributed by atoms with E-state index in [-0.39, 0.29) is 29.7 Å². The van der Waals surface area contributed by atoms with Crippen molar-refractivity contribution in [3.63, 3.8) is 0 Å². The fraction of sp³-hybridized carbons (Fsp3) is 0.538. The lowest BCUT2D eigenvalue weighted by atomic mass is 9.78. The summed E-state index contributed by atoms with van der Waals surface area (Å²) in [6.45, 7) is 7.18. The number of benzene rings is 1. The molecule has 0 saturated heterocycles. The molecule has 4 amide bonds. The van der Waals surface area contributed by atoms with E-state index in [0.29, 0.717) is 35.7 Å². The molecule has 1 aromatic carbocycles. The van der Waals surface area contributed by atoms with E-state index in [4.69, 9.17) is 17.3 Å². The summed E-state index contributed by atoms with van der Waals surface area (Å²) < 4.78 is 14.3. The molecule has 208 valence electrons. The quantitative estimate of drug-likeness (QED) is 0.266. The molecule has 7 N–H and O–H groups in total. The third kappa shape index (κ3) is 5.87. The van der Waals surface area contributed by atoms with Crippen molar-refractivity contribution in [3.05, 3.63) is 34.2 Å². The Bertz CT molecular complexity index is 1250. The van der Waals surface area contributed by atoms with Crippen molar-refractivity contribution in [2.24, 2.45) is 17.6 Å². The van der Waals surface area contributed by atoms with E-state index in [1.807, 2.05) is 13.8 Å². The summed E-state index contributed by atoms with van der Waals surface area (Å²) in [6, 6.07) is 0.386. The maximum Gasteiger partial charge on any atom is 0.405 e. The number of halogens is 2. The van der Waals surface area contributed by atoms with Crippen molar-refractivity contribution in [1.82, 2.24) is 20.9 Å². The highest BCUT2D eigenvalue weighted by Gasteiger charge is 2.46. The summed E-state index contributed by atoms with van der Waals surface area (Å²) >= 11 is 6.26. The standard InChI is InChI=1S/C26H35ClFN5O5/c1-5-12(3)19(22(29)34)31-24(36)26(33-23(35)20(13(4)6-2)32-25(37)38)8-7-18-16(11-26)15-9-14(28)10-17(27)21(15)30-18/h9-10,12-13,19-20,30,32H,5-8,11H2,1-4H3,(H2,29,34)(H,31,36)(H,33,35)(H,37,38)/t12?,13?,19-,20-,26+/m0/s1. The second-order valence-corrected chi connectivity index (χ2v) is 10.6. The molecule has 38 heavy (non-hydrogen) atoms. The number of aromatic nitrogens is 1. The van der Waals surface area contributed by atoms with E-state index in [1.54, 1.807) is 13.8 Å². The molecule has 2 unspecified atom stereocenters. The Morgan fingerprint density at radius 1 is 1.13 bits per heavy atom. The third-order valence-electron chi connectivity index (χ3n) is 7.68. The first kappa shape index (κ1) is 29.2. The third-order valence-corrected chi connectivity index (χ3v) is 7.98. The average Bonchev–Trinajstić information content (AvgIpc) is 3.22. The first-order valence-corrected chi connectivity index (χ1v) is 13.1. The van der Waals surface area contributed by atoms with Crippen LogP contribution in [0.4, 0.5) is 9.18 Å². The Morgan fingerprint density at radius 2 is 1.76 bits per heavy atom. The van der Waals surface area contributed by atoms with Crippen LogP contribution in [0.1, 0.15) is 58.2 Å². The predicted octanol–water partition coefficient (Wildman–Crippen LogP) is 3.00. The lowest BCUT2D eigenvalue weighted by Gasteiger charge is -2.39. The van der Waals surface area contributed by atoms with Crippen LogP contribution in [-0.4, -0.2) is 51.5 Å². The molecule has 2 aromatic rings. The Hall–Kier alpha value is -3.34. The molecule has 1 aromatic heterocycles. The molecule has 0 radical (unpaired) electrons. The lowest BCUT2D eigenvalue weighted by molar-refractivity contribution is -0.137. The summed E-state index contributed by atoms with van der Waals surface area (Å²) in [6.07, 6.45) is 0.0985. The number of nitrogens with two attached hydrogens (primary N) is 1. The number of amides is 4. The van der Waals surface area contributed by atoms with E-state index < -0.39 is 47.3 Å². The van der Waals surface area contributed by atoms with Gasteiger partial charge in [0.15, 0.2) is 0 Å². The Morgan fingerprint density at radius 3 is 2.34 bits per heavy atom. The van der Waals surface area contributed by atoms with E-state index in [0.717, 1.165) is 5.69 Å². The summed E-state index contributed by atoms with van der Waals surface area (Å²) in [5.41, 5.74) is 5.89. The fourth-order valence-electron chi connectivity index (χ4n) is 4.99. The number of nitrogens with one attached hydrogen (secondary N) is 4. The minimum Gasteiger partial charge on any atom is -0.465 e. The van der Waals surface area contributed by atoms with Crippen LogP contribution < -0.4 is 21.7 Å². The molecule has 1 aliphatic rings. The minimum atomic E-state index is -1.56. The van der Waals surface area contributed by atoms with Crippen molar-refractivity contribution in [1.29, 1.82) is 0 Å². The van der Waals surface area contributed by atoms with Crippen LogP contribution in [0.2, 0.25) is 5.02 Å². The number of primary amides is 1. The number of carbonyl (C=O) groups excluding carboxylic acids is 3. The van der Waals surface area contributed by atoms with Crippen molar-refractivity contribution in [2.45, 2.75) is 77.4 Å². The number of carboxylic acid groups (broad SMARTS) is 1. The molecule has 1 aliphatic carbocycles. The smallest absolute Gasteiger partial charge is 0.405 e. The van der Waals surface area contributed by atoms with Gasteiger partial charge >= 0.3 is 6.09 Å². The van der Waals surface area contributed by atoms with Gasteiger partial charge in [0, 0.05) is 17.5 Å². The highest BCUT2D eigenvalue weighted by atomic mass is 35.5. The number of aryl methyl sites for hydroxylation is 1. The number of fused-ring (bicyclic) bond motifs is 3. The van der Waals surface area contributed by atoms with Crippen LogP contribution in [0.5, 0.6) is 0 Å².